The first kappa shape index (κ1) is 13.4. The molecule has 2 atom stereocenters. The fourth-order valence-corrected chi connectivity index (χ4v) is 2.55. The number of hydrogen-bond donors (Lipinski definition) is 2. The smallest absolute Gasteiger partial charge is 0.0471 e. The monoisotopic (exact) mass is 248 g/mol. The minimum absolute atomic E-state index is 0.221. The lowest BCUT2D eigenvalue weighted by molar-refractivity contribution is 0.190. The summed E-state index contributed by atoms with van der Waals surface area (Å²) < 4.78 is 0. The quantitative estimate of drug-likeness (QED) is 0.856. The van der Waals surface area contributed by atoms with E-state index in [-0.39, 0.29) is 6.61 Å². The summed E-state index contributed by atoms with van der Waals surface area (Å²) in [5, 5.41) is 12.5. The van der Waals surface area contributed by atoms with Gasteiger partial charge in [-0.25, -0.2) is 0 Å². The molecule has 0 saturated carbocycles. The van der Waals surface area contributed by atoms with E-state index in [4.69, 9.17) is 5.11 Å². The summed E-state index contributed by atoms with van der Waals surface area (Å²) in [4.78, 5) is 2.42. The molecular formula is C15H24N2O. The molecule has 1 saturated heterocycles. The van der Waals surface area contributed by atoms with Gasteiger partial charge in [-0.3, -0.25) is 0 Å². The minimum atomic E-state index is 0.221. The number of benzene rings is 1. The average molecular weight is 248 g/mol. The number of nitrogens with zero attached hydrogens (tertiary/aromatic N) is 1. The van der Waals surface area contributed by atoms with Gasteiger partial charge >= 0.3 is 0 Å². The molecule has 2 rings (SSSR count). The highest BCUT2D eigenvalue weighted by Gasteiger charge is 2.22. The van der Waals surface area contributed by atoms with E-state index < -0.39 is 0 Å². The van der Waals surface area contributed by atoms with Gasteiger partial charge in [0.15, 0.2) is 0 Å². The summed E-state index contributed by atoms with van der Waals surface area (Å²) in [5.41, 5.74) is 2.39. The summed E-state index contributed by atoms with van der Waals surface area (Å²) in [5.74, 6) is 0. The highest BCUT2D eigenvalue weighted by atomic mass is 16.2. The number of likely N-dealkylation sites (tertiary alicyclic amines) is 1. The predicted molar refractivity (Wildman–Crippen MR) is 76.0 cm³/mol. The molecule has 0 aliphatic carbocycles. The van der Waals surface area contributed by atoms with Crippen molar-refractivity contribution in [2.75, 3.05) is 25.5 Å². The van der Waals surface area contributed by atoms with Gasteiger partial charge in [-0.2, -0.15) is 0 Å². The number of piperidine rings is 1. The van der Waals surface area contributed by atoms with Crippen LogP contribution in [0, 0.1) is 0 Å². The van der Waals surface area contributed by atoms with Gasteiger partial charge in [-0.1, -0.05) is 12.1 Å². The van der Waals surface area contributed by atoms with Crippen LogP contribution in [0.1, 0.15) is 25.3 Å². The molecule has 1 heterocycles. The van der Waals surface area contributed by atoms with Crippen molar-refractivity contribution in [3.8, 4) is 0 Å². The second-order valence-corrected chi connectivity index (χ2v) is 5.37. The summed E-state index contributed by atoms with van der Waals surface area (Å²) in [6.07, 6.45) is 3.15. The highest BCUT2D eigenvalue weighted by molar-refractivity contribution is 5.45. The first-order valence-corrected chi connectivity index (χ1v) is 6.85. The van der Waals surface area contributed by atoms with Crippen LogP contribution in [0.5, 0.6) is 0 Å². The molecule has 18 heavy (non-hydrogen) atoms. The van der Waals surface area contributed by atoms with Gasteiger partial charge in [0, 0.05) is 30.9 Å². The molecule has 100 valence electrons. The number of anilines is 1. The maximum atomic E-state index is 8.88. The van der Waals surface area contributed by atoms with E-state index in [9.17, 15) is 0 Å². The maximum Gasteiger partial charge on any atom is 0.0471 e. The third-order valence-corrected chi connectivity index (χ3v) is 3.93. The molecule has 2 N–H and O–H groups in total. The van der Waals surface area contributed by atoms with Crippen molar-refractivity contribution in [3.05, 3.63) is 29.8 Å². The predicted octanol–water partition coefficient (Wildman–Crippen LogP) is 2.12. The molecule has 0 amide bonds. The van der Waals surface area contributed by atoms with E-state index in [0.717, 1.165) is 6.42 Å². The van der Waals surface area contributed by atoms with Gasteiger partial charge < -0.3 is 15.3 Å². The Labute approximate surface area is 110 Å². The molecule has 1 aliphatic heterocycles. The minimum Gasteiger partial charge on any atom is -0.396 e. The average Bonchev–Trinajstić information content (AvgIpc) is 2.37. The molecule has 0 radical (unpaired) electrons. The van der Waals surface area contributed by atoms with E-state index in [1.54, 1.807) is 0 Å². The van der Waals surface area contributed by atoms with Crippen LogP contribution in [0.15, 0.2) is 24.3 Å². The van der Waals surface area contributed by atoms with Crippen molar-refractivity contribution >= 4 is 5.69 Å². The lowest BCUT2D eigenvalue weighted by atomic mass is 9.98. The standard InChI is InChI=1S/C15H24N2O/c1-12-11-15(7-9-17(12)2)16-14-5-3-13(4-6-14)8-10-18/h3-6,12,15-16,18H,7-11H2,1-2H3. The second-order valence-electron chi connectivity index (χ2n) is 5.37. The lowest BCUT2D eigenvalue weighted by Gasteiger charge is -2.35. The number of aliphatic hydroxyl groups excluding tert-OH is 1. The third-order valence-electron chi connectivity index (χ3n) is 3.93. The molecule has 0 aromatic heterocycles. The number of hydrogen-bond acceptors (Lipinski definition) is 3. The molecule has 1 aromatic rings. The first-order chi connectivity index (χ1) is 8.69. The highest BCUT2D eigenvalue weighted by Crippen LogP contribution is 2.20. The van der Waals surface area contributed by atoms with Crippen LogP contribution >= 0.6 is 0 Å². The molecule has 2 unspecified atom stereocenters. The van der Waals surface area contributed by atoms with E-state index in [1.165, 1.54) is 30.6 Å². The molecule has 0 spiro atoms. The Balaban J connectivity index is 1.89. The molecular weight excluding hydrogens is 224 g/mol. The Bertz CT molecular complexity index is 363. The van der Waals surface area contributed by atoms with Gasteiger partial charge in [0.05, 0.1) is 0 Å². The Morgan fingerprint density at radius 2 is 2.06 bits per heavy atom. The fraction of sp³-hybridized carbons (Fsp3) is 0.600. The topological polar surface area (TPSA) is 35.5 Å². The van der Waals surface area contributed by atoms with Gasteiger partial charge in [-0.15, -0.1) is 0 Å². The summed E-state index contributed by atoms with van der Waals surface area (Å²) in [6, 6.07) is 9.67. The molecule has 3 heteroatoms. The van der Waals surface area contributed by atoms with Crippen LogP contribution < -0.4 is 5.32 Å². The van der Waals surface area contributed by atoms with Gasteiger partial charge in [-0.05, 0) is 50.9 Å². The zero-order valence-electron chi connectivity index (χ0n) is 11.4. The van der Waals surface area contributed by atoms with Crippen LogP contribution in [-0.4, -0.2) is 42.3 Å². The van der Waals surface area contributed by atoms with Crippen molar-refractivity contribution in [1.82, 2.24) is 4.90 Å². The number of nitrogens with one attached hydrogen (secondary N) is 1. The van der Waals surface area contributed by atoms with Crippen LogP contribution in [-0.2, 0) is 6.42 Å². The normalized spacial score (nSPS) is 25.1. The van der Waals surface area contributed by atoms with Crippen molar-refractivity contribution in [2.45, 2.75) is 38.3 Å². The largest absolute Gasteiger partial charge is 0.396 e. The van der Waals surface area contributed by atoms with Crippen molar-refractivity contribution < 1.29 is 5.11 Å². The summed E-state index contributed by atoms with van der Waals surface area (Å²) >= 11 is 0. The van der Waals surface area contributed by atoms with E-state index in [2.05, 4.69) is 48.5 Å². The second kappa shape index (κ2) is 6.21. The molecule has 0 bridgehead atoms. The summed E-state index contributed by atoms with van der Waals surface area (Å²) in [7, 11) is 2.20. The van der Waals surface area contributed by atoms with E-state index in [0.29, 0.717) is 12.1 Å². The molecule has 1 aromatic carbocycles. The Hall–Kier alpha value is -1.06. The Kier molecular flexibility index (Phi) is 4.61. The van der Waals surface area contributed by atoms with Crippen LogP contribution in [0.25, 0.3) is 0 Å². The Morgan fingerprint density at radius 1 is 1.33 bits per heavy atom. The van der Waals surface area contributed by atoms with Crippen LogP contribution in [0.3, 0.4) is 0 Å². The van der Waals surface area contributed by atoms with Crippen LogP contribution in [0.4, 0.5) is 5.69 Å². The van der Waals surface area contributed by atoms with Gasteiger partial charge in [0.1, 0.15) is 0 Å². The maximum absolute atomic E-state index is 8.88. The van der Waals surface area contributed by atoms with E-state index >= 15 is 0 Å². The molecule has 1 fully saturated rings. The first-order valence-electron chi connectivity index (χ1n) is 6.85. The van der Waals surface area contributed by atoms with Crippen molar-refractivity contribution in [2.24, 2.45) is 0 Å². The summed E-state index contributed by atoms with van der Waals surface area (Å²) in [6.45, 7) is 3.68. The van der Waals surface area contributed by atoms with Crippen molar-refractivity contribution in [3.63, 3.8) is 0 Å². The van der Waals surface area contributed by atoms with Gasteiger partial charge in [0.25, 0.3) is 0 Å². The Morgan fingerprint density at radius 3 is 2.67 bits per heavy atom. The molecule has 3 nitrogen and oxygen atoms in total. The van der Waals surface area contributed by atoms with Crippen molar-refractivity contribution in [1.29, 1.82) is 0 Å². The number of rotatable bonds is 4. The SMILES string of the molecule is CC1CC(Nc2ccc(CCO)cc2)CCN1C. The van der Waals surface area contributed by atoms with E-state index in [1.807, 2.05) is 0 Å². The fourth-order valence-electron chi connectivity index (χ4n) is 2.55. The zero-order chi connectivity index (χ0) is 13.0. The van der Waals surface area contributed by atoms with Gasteiger partial charge in [0.2, 0.25) is 0 Å². The lowest BCUT2D eigenvalue weighted by Crippen LogP contribution is -2.42. The zero-order valence-corrected chi connectivity index (χ0v) is 11.4. The van der Waals surface area contributed by atoms with Crippen LogP contribution in [0.2, 0.25) is 0 Å². The third kappa shape index (κ3) is 3.47. The number of aliphatic hydroxyl groups is 1. The molecule has 1 aliphatic rings.